The number of para-hydroxylation sites is 1. The number of hydrogen-bond donors (Lipinski definition) is 9. The van der Waals surface area contributed by atoms with E-state index in [1.165, 1.54) is 21.6 Å². The molecule has 3 aromatic rings. The summed E-state index contributed by atoms with van der Waals surface area (Å²) in [6.07, 6.45) is 4.00. The number of hydrogen-bond acceptors (Lipinski definition) is 11. The van der Waals surface area contributed by atoms with Crippen LogP contribution in [-0.4, -0.2) is 158 Å². The largest absolute Gasteiger partial charge is 0.480 e. The monoisotopic (exact) mass is 1070 g/mol. The van der Waals surface area contributed by atoms with Crippen LogP contribution in [-0.2, 0) is 60.8 Å². The normalized spacial score (nSPS) is 19.7. The number of nitrogens with zero attached hydrogens (tertiary/aromatic N) is 3. The van der Waals surface area contributed by atoms with E-state index in [0.717, 1.165) is 10.9 Å². The highest BCUT2D eigenvalue weighted by molar-refractivity contribution is 5.99. The van der Waals surface area contributed by atoms with E-state index in [1.54, 1.807) is 36.5 Å². The molecule has 22 nitrogen and oxygen atoms in total. The van der Waals surface area contributed by atoms with Gasteiger partial charge in [0.2, 0.25) is 53.2 Å². The van der Waals surface area contributed by atoms with Gasteiger partial charge in [-0.15, -0.1) is 0 Å². The molecule has 77 heavy (non-hydrogen) atoms. The van der Waals surface area contributed by atoms with Gasteiger partial charge in [-0.2, -0.15) is 0 Å². The van der Waals surface area contributed by atoms with Crippen LogP contribution in [0.3, 0.4) is 0 Å². The van der Waals surface area contributed by atoms with E-state index in [9.17, 15) is 53.1 Å². The third-order valence-corrected chi connectivity index (χ3v) is 14.6. The van der Waals surface area contributed by atoms with Crippen molar-refractivity contribution in [2.24, 2.45) is 23.3 Å². The zero-order valence-electron chi connectivity index (χ0n) is 44.8. The number of H-pyrrole nitrogens is 1. The third-order valence-electron chi connectivity index (χ3n) is 14.6. The molecule has 0 radical (unpaired) electrons. The molecule has 6 rings (SSSR count). The maximum atomic E-state index is 14.7. The SMILES string of the molecule is CC(C)C[C@H](NC(=O)[C@H](Cc1ccccc1)NC(=O)[C@@H]1CCCN1C(=O)[C@H](CCC(N)=O)NC(=O)[C@H](Cc1c[nH]c2ccccc12)NC(=O)[C@H](C)NC(=O)[C@@H]1CCCN1C(=O)[C@@H]1CCCN1C(=O)[C@@H](N)CC(C)C)C(=O)O. The summed E-state index contributed by atoms with van der Waals surface area (Å²) in [5.74, 6) is -6.87. The van der Waals surface area contributed by atoms with Crippen molar-refractivity contribution in [1.82, 2.24) is 46.3 Å². The molecule has 1 aromatic heterocycles. The molecular formula is C55H77N11O11. The summed E-state index contributed by atoms with van der Waals surface area (Å²) in [5.41, 5.74) is 13.9. The molecule has 4 heterocycles. The number of carbonyl (C=O) groups excluding carboxylic acids is 9. The van der Waals surface area contributed by atoms with Crippen molar-refractivity contribution in [3.05, 3.63) is 71.9 Å². The number of aromatic nitrogens is 1. The molecule has 0 unspecified atom stereocenters. The maximum Gasteiger partial charge on any atom is 0.326 e. The van der Waals surface area contributed by atoms with E-state index in [4.69, 9.17) is 11.5 Å². The summed E-state index contributed by atoms with van der Waals surface area (Å²) >= 11 is 0. The van der Waals surface area contributed by atoms with Crippen LogP contribution in [0.2, 0.25) is 0 Å². The quantitative estimate of drug-likeness (QED) is 0.0577. The Morgan fingerprint density at radius 1 is 0.610 bits per heavy atom. The Hall–Kier alpha value is -7.36. The lowest BCUT2D eigenvalue weighted by atomic mass is 10.0. The minimum Gasteiger partial charge on any atom is -0.480 e. The highest BCUT2D eigenvalue weighted by Gasteiger charge is 2.44. The Morgan fingerprint density at radius 3 is 1.77 bits per heavy atom. The maximum absolute atomic E-state index is 14.7. The van der Waals surface area contributed by atoms with Gasteiger partial charge in [-0.1, -0.05) is 76.2 Å². The standard InChI is InChI=1S/C55H77N11O11/c1-31(2)26-37(56)52(73)66-25-13-20-45(66)54(75)65-24-12-18-43(65)50(71)59-33(5)47(68)61-41(29-35-30-58-38-17-10-9-16-36(35)38)49(70)60-39(21-22-46(57)67)53(74)64-23-11-19-44(64)51(72)62-40(28-34-14-7-6-8-15-34)48(69)63-42(55(76)77)27-32(3)4/h6-10,14-17,30-33,37,39-45,58H,11-13,18-29,56H2,1-5H3,(H2,57,67)(H,59,71)(H,60,70)(H,61,68)(H,62,72)(H,63,69)(H,76,77)/t33-,37-,39-,40-,41-,42-,43-,44-,45-/m0/s1. The molecular weight excluding hydrogens is 991 g/mol. The summed E-state index contributed by atoms with van der Waals surface area (Å²) < 4.78 is 0. The van der Waals surface area contributed by atoms with E-state index in [-0.39, 0.29) is 75.3 Å². The number of fused-ring (bicyclic) bond motifs is 1. The first-order valence-corrected chi connectivity index (χ1v) is 26.9. The molecule has 22 heteroatoms. The molecule has 0 bridgehead atoms. The van der Waals surface area contributed by atoms with Gasteiger partial charge in [0.1, 0.15) is 48.3 Å². The molecule has 0 aliphatic carbocycles. The highest BCUT2D eigenvalue weighted by atomic mass is 16.4. The molecule has 3 fully saturated rings. The predicted octanol–water partition coefficient (Wildman–Crippen LogP) is 1.14. The fourth-order valence-corrected chi connectivity index (χ4v) is 10.6. The molecule has 2 aromatic carbocycles. The van der Waals surface area contributed by atoms with Crippen molar-refractivity contribution in [2.45, 2.75) is 166 Å². The van der Waals surface area contributed by atoms with Crippen LogP contribution in [0.4, 0.5) is 0 Å². The lowest BCUT2D eigenvalue weighted by Crippen LogP contribution is -2.60. The number of nitrogens with one attached hydrogen (secondary N) is 6. The smallest absolute Gasteiger partial charge is 0.326 e. The van der Waals surface area contributed by atoms with Crippen LogP contribution >= 0.6 is 0 Å². The van der Waals surface area contributed by atoms with Gasteiger partial charge in [0.25, 0.3) is 0 Å². The second kappa shape index (κ2) is 27.1. The predicted molar refractivity (Wildman–Crippen MR) is 285 cm³/mol. The van der Waals surface area contributed by atoms with Crippen molar-refractivity contribution in [1.29, 1.82) is 0 Å². The Balaban J connectivity index is 1.18. The van der Waals surface area contributed by atoms with Gasteiger partial charge in [0.15, 0.2) is 0 Å². The summed E-state index contributed by atoms with van der Waals surface area (Å²) in [6, 6.07) is 6.05. The van der Waals surface area contributed by atoms with Crippen molar-refractivity contribution in [2.75, 3.05) is 19.6 Å². The number of carboxylic acids is 1. The van der Waals surface area contributed by atoms with Crippen LogP contribution in [0.5, 0.6) is 0 Å². The van der Waals surface area contributed by atoms with Crippen LogP contribution < -0.4 is 38.1 Å². The summed E-state index contributed by atoms with van der Waals surface area (Å²) in [7, 11) is 0. The third kappa shape index (κ3) is 15.6. The van der Waals surface area contributed by atoms with Crippen molar-refractivity contribution in [3.8, 4) is 0 Å². The molecule has 0 spiro atoms. The molecule has 3 aliphatic rings. The minimum atomic E-state index is -1.43. The van der Waals surface area contributed by atoms with E-state index in [0.29, 0.717) is 56.2 Å². The first-order chi connectivity index (χ1) is 36.6. The van der Waals surface area contributed by atoms with Crippen LogP contribution in [0.1, 0.15) is 110 Å². The summed E-state index contributed by atoms with van der Waals surface area (Å²) in [5, 5.41) is 24.2. The number of primary amides is 1. The fourth-order valence-electron chi connectivity index (χ4n) is 10.6. The first kappa shape index (κ1) is 58.9. The lowest BCUT2D eigenvalue weighted by molar-refractivity contribution is -0.147. The molecule has 0 saturated carbocycles. The van der Waals surface area contributed by atoms with Crippen LogP contribution in [0.25, 0.3) is 10.9 Å². The van der Waals surface area contributed by atoms with E-state index in [1.807, 2.05) is 52.0 Å². The highest BCUT2D eigenvalue weighted by Crippen LogP contribution is 2.27. The number of rotatable bonds is 25. The lowest BCUT2D eigenvalue weighted by Gasteiger charge is -2.32. The van der Waals surface area contributed by atoms with Gasteiger partial charge in [0, 0.05) is 56.0 Å². The Morgan fingerprint density at radius 2 is 1.14 bits per heavy atom. The van der Waals surface area contributed by atoms with E-state index in [2.05, 4.69) is 31.6 Å². The van der Waals surface area contributed by atoms with Crippen LogP contribution in [0.15, 0.2) is 60.8 Å². The summed E-state index contributed by atoms with van der Waals surface area (Å²) in [6.45, 7) is 9.72. The fraction of sp³-hybridized carbons (Fsp3) is 0.564. The first-order valence-electron chi connectivity index (χ1n) is 26.9. The van der Waals surface area contributed by atoms with E-state index < -0.39 is 102 Å². The Labute approximate surface area is 448 Å². The molecule has 9 atom stereocenters. The number of carboxylic acid groups (broad SMARTS) is 1. The summed E-state index contributed by atoms with van der Waals surface area (Å²) in [4.78, 5) is 145. The van der Waals surface area contributed by atoms with Gasteiger partial charge in [-0.05, 0) is 93.7 Å². The molecule has 3 saturated heterocycles. The Kier molecular flexibility index (Phi) is 20.7. The van der Waals surface area contributed by atoms with Gasteiger partial charge < -0.3 is 62.8 Å². The molecule has 418 valence electrons. The number of nitrogens with two attached hydrogens (primary N) is 2. The van der Waals surface area contributed by atoms with Gasteiger partial charge in [-0.25, -0.2) is 4.79 Å². The van der Waals surface area contributed by atoms with Gasteiger partial charge in [-0.3, -0.25) is 43.2 Å². The molecule has 9 amide bonds. The number of amides is 9. The molecule has 11 N–H and O–H groups in total. The zero-order valence-corrected chi connectivity index (χ0v) is 44.8. The van der Waals surface area contributed by atoms with Crippen LogP contribution in [0, 0.1) is 11.8 Å². The molecule has 3 aliphatic heterocycles. The van der Waals surface area contributed by atoms with Gasteiger partial charge >= 0.3 is 5.97 Å². The number of benzene rings is 2. The van der Waals surface area contributed by atoms with Crippen molar-refractivity contribution in [3.63, 3.8) is 0 Å². The Bertz CT molecular complexity index is 2620. The average Bonchev–Trinajstić information content (AvgIpc) is 4.25. The minimum absolute atomic E-state index is 0.00605. The van der Waals surface area contributed by atoms with Crippen molar-refractivity contribution >= 4 is 70.0 Å². The topological polar surface area (TPSA) is 329 Å². The van der Waals surface area contributed by atoms with Gasteiger partial charge in [0.05, 0.1) is 6.04 Å². The number of aromatic amines is 1. The average molecular weight is 1070 g/mol. The number of likely N-dealkylation sites (tertiary alicyclic amines) is 3. The second-order valence-corrected chi connectivity index (χ2v) is 21.5. The van der Waals surface area contributed by atoms with E-state index >= 15 is 0 Å². The number of aliphatic carboxylic acids is 1. The van der Waals surface area contributed by atoms with Crippen molar-refractivity contribution < 1.29 is 53.1 Å². The zero-order chi connectivity index (χ0) is 56.1. The number of carbonyl (C=O) groups is 10. The second-order valence-electron chi connectivity index (χ2n) is 21.5.